The van der Waals surface area contributed by atoms with Gasteiger partial charge in [-0.15, -0.1) is 0 Å². The number of rotatable bonds is 7. The molecule has 0 saturated heterocycles. The van der Waals surface area contributed by atoms with Crippen LogP contribution in [-0.4, -0.2) is 5.78 Å². The van der Waals surface area contributed by atoms with E-state index in [1.165, 1.54) is 22.3 Å². The van der Waals surface area contributed by atoms with Crippen LogP contribution in [0.25, 0.3) is 5.57 Å². The Morgan fingerprint density at radius 3 is 2.25 bits per heavy atom. The predicted molar refractivity (Wildman–Crippen MR) is 101 cm³/mol. The number of carbonyl (C=O) groups excluding carboxylic acids is 1. The summed E-state index contributed by atoms with van der Waals surface area (Å²) in [7, 11) is 0. The number of hydrogen-bond donors (Lipinski definition) is 0. The molecule has 1 heteroatoms. The summed E-state index contributed by atoms with van der Waals surface area (Å²) in [5, 5.41) is 0. The Kier molecular flexibility index (Phi) is 5.30. The zero-order chi connectivity index (χ0) is 16.9. The summed E-state index contributed by atoms with van der Waals surface area (Å²) in [6, 6.07) is 18.4. The van der Waals surface area contributed by atoms with Crippen molar-refractivity contribution in [2.24, 2.45) is 0 Å². The number of fused-ring (bicyclic) bond motifs is 1. The van der Waals surface area contributed by atoms with E-state index >= 15 is 0 Å². The first-order chi connectivity index (χ1) is 11.8. The van der Waals surface area contributed by atoms with Crippen molar-refractivity contribution < 1.29 is 4.79 Å². The summed E-state index contributed by atoms with van der Waals surface area (Å²) in [4.78, 5) is 12.8. The van der Waals surface area contributed by atoms with Crippen molar-refractivity contribution in [2.45, 2.75) is 51.9 Å². The second kappa shape index (κ2) is 7.61. The number of ketones is 1. The summed E-state index contributed by atoms with van der Waals surface area (Å²) >= 11 is 0. The normalized spacial score (nSPS) is 16.3. The standard InChI is InChI=1S/C23H26O/c1-3-10-18-19(11-4-2)22(21-15-9-8-14-20(18)21)16-23(24)17-12-6-5-7-13-17/h5-9,12-15,22H,3-4,10-11,16H2,1-2H3. The molecule has 0 saturated carbocycles. The lowest BCUT2D eigenvalue weighted by atomic mass is 9.87. The third kappa shape index (κ3) is 3.21. The molecule has 24 heavy (non-hydrogen) atoms. The van der Waals surface area contributed by atoms with Crippen molar-refractivity contribution in [2.75, 3.05) is 0 Å². The second-order valence-electron chi connectivity index (χ2n) is 6.64. The van der Waals surface area contributed by atoms with Gasteiger partial charge in [0.1, 0.15) is 0 Å². The van der Waals surface area contributed by atoms with Crippen LogP contribution in [0.4, 0.5) is 0 Å². The van der Waals surface area contributed by atoms with Crippen LogP contribution >= 0.6 is 0 Å². The molecule has 1 aliphatic rings. The van der Waals surface area contributed by atoms with E-state index in [4.69, 9.17) is 0 Å². The van der Waals surface area contributed by atoms with Crippen LogP contribution in [0.3, 0.4) is 0 Å². The molecule has 0 bridgehead atoms. The number of carbonyl (C=O) groups is 1. The third-order valence-corrected chi connectivity index (χ3v) is 4.97. The molecule has 2 aromatic rings. The van der Waals surface area contributed by atoms with E-state index in [1.807, 2.05) is 30.3 Å². The van der Waals surface area contributed by atoms with Crippen molar-refractivity contribution in [1.82, 2.24) is 0 Å². The zero-order valence-corrected chi connectivity index (χ0v) is 14.7. The van der Waals surface area contributed by atoms with Gasteiger partial charge in [-0.3, -0.25) is 4.79 Å². The Morgan fingerprint density at radius 1 is 0.875 bits per heavy atom. The van der Waals surface area contributed by atoms with Crippen LogP contribution in [0.15, 0.2) is 60.2 Å². The number of Topliss-reactive ketones (excluding diaryl/α,β-unsaturated/α-hetero) is 1. The van der Waals surface area contributed by atoms with E-state index in [2.05, 4.69) is 38.1 Å². The van der Waals surface area contributed by atoms with Gasteiger partial charge in [-0.1, -0.05) is 86.9 Å². The molecule has 0 fully saturated rings. The van der Waals surface area contributed by atoms with Crippen molar-refractivity contribution in [3.8, 4) is 0 Å². The molecule has 0 N–H and O–H groups in total. The lowest BCUT2D eigenvalue weighted by Gasteiger charge is -2.16. The highest BCUT2D eigenvalue weighted by molar-refractivity contribution is 5.97. The molecule has 0 radical (unpaired) electrons. The van der Waals surface area contributed by atoms with Gasteiger partial charge in [0.2, 0.25) is 0 Å². The monoisotopic (exact) mass is 318 g/mol. The van der Waals surface area contributed by atoms with Crippen LogP contribution in [0.2, 0.25) is 0 Å². The van der Waals surface area contributed by atoms with Gasteiger partial charge >= 0.3 is 0 Å². The average Bonchev–Trinajstić information content (AvgIpc) is 2.90. The fourth-order valence-electron chi connectivity index (χ4n) is 3.95. The van der Waals surface area contributed by atoms with Crippen molar-refractivity contribution in [3.63, 3.8) is 0 Å². The van der Waals surface area contributed by atoms with E-state index in [-0.39, 0.29) is 11.7 Å². The maximum absolute atomic E-state index is 12.8. The Balaban J connectivity index is 1.96. The lowest BCUT2D eigenvalue weighted by molar-refractivity contribution is 0.0977. The molecule has 3 rings (SSSR count). The van der Waals surface area contributed by atoms with Crippen molar-refractivity contribution in [3.05, 3.63) is 76.9 Å². The largest absolute Gasteiger partial charge is 0.294 e. The Hall–Kier alpha value is -2.15. The summed E-state index contributed by atoms with van der Waals surface area (Å²) in [6.07, 6.45) is 5.07. The minimum absolute atomic E-state index is 0.252. The van der Waals surface area contributed by atoms with Gasteiger partial charge in [0.25, 0.3) is 0 Å². The maximum atomic E-state index is 12.8. The minimum Gasteiger partial charge on any atom is -0.294 e. The van der Waals surface area contributed by atoms with E-state index in [9.17, 15) is 4.79 Å². The Bertz CT molecular complexity index is 740. The molecule has 1 aliphatic carbocycles. The fraction of sp³-hybridized carbons (Fsp3) is 0.348. The van der Waals surface area contributed by atoms with Crippen LogP contribution in [-0.2, 0) is 0 Å². The van der Waals surface area contributed by atoms with Gasteiger partial charge in [-0.05, 0) is 29.5 Å². The minimum atomic E-state index is 0.252. The molecule has 124 valence electrons. The summed E-state index contributed by atoms with van der Waals surface area (Å²) in [5.41, 5.74) is 6.57. The molecule has 1 nitrogen and oxygen atoms in total. The van der Waals surface area contributed by atoms with Gasteiger partial charge in [0.15, 0.2) is 5.78 Å². The molecular weight excluding hydrogens is 292 g/mol. The smallest absolute Gasteiger partial charge is 0.163 e. The fourth-order valence-corrected chi connectivity index (χ4v) is 3.95. The summed E-state index contributed by atoms with van der Waals surface area (Å²) in [5.74, 6) is 0.511. The molecule has 1 unspecified atom stereocenters. The first-order valence-corrected chi connectivity index (χ1v) is 9.15. The molecule has 1 atom stereocenters. The second-order valence-corrected chi connectivity index (χ2v) is 6.64. The van der Waals surface area contributed by atoms with Gasteiger partial charge in [0.05, 0.1) is 0 Å². The highest BCUT2D eigenvalue weighted by Crippen LogP contribution is 2.47. The van der Waals surface area contributed by atoms with Crippen LogP contribution < -0.4 is 0 Å². The lowest BCUT2D eigenvalue weighted by Crippen LogP contribution is -2.08. The van der Waals surface area contributed by atoms with Gasteiger partial charge < -0.3 is 0 Å². The van der Waals surface area contributed by atoms with Gasteiger partial charge in [-0.25, -0.2) is 0 Å². The topological polar surface area (TPSA) is 17.1 Å². The third-order valence-electron chi connectivity index (χ3n) is 4.97. The maximum Gasteiger partial charge on any atom is 0.163 e. The zero-order valence-electron chi connectivity index (χ0n) is 14.7. The van der Waals surface area contributed by atoms with Crippen molar-refractivity contribution >= 4 is 11.4 Å². The van der Waals surface area contributed by atoms with E-state index in [1.54, 1.807) is 0 Å². The molecule has 0 amide bonds. The number of allylic oxidation sites excluding steroid dienone is 2. The van der Waals surface area contributed by atoms with Crippen LogP contribution in [0, 0.1) is 0 Å². The predicted octanol–water partition coefficient (Wildman–Crippen LogP) is 6.41. The molecule has 0 heterocycles. The van der Waals surface area contributed by atoms with Crippen LogP contribution in [0.5, 0.6) is 0 Å². The first-order valence-electron chi connectivity index (χ1n) is 9.15. The number of benzene rings is 2. The van der Waals surface area contributed by atoms with Gasteiger partial charge in [0, 0.05) is 17.9 Å². The van der Waals surface area contributed by atoms with Crippen LogP contribution in [0.1, 0.15) is 73.4 Å². The highest BCUT2D eigenvalue weighted by Gasteiger charge is 2.31. The first kappa shape index (κ1) is 16.7. The molecule has 0 aliphatic heterocycles. The molecule has 0 spiro atoms. The van der Waals surface area contributed by atoms with E-state index in [0.717, 1.165) is 31.2 Å². The molecular formula is C23H26O. The number of hydrogen-bond acceptors (Lipinski definition) is 1. The summed E-state index contributed by atoms with van der Waals surface area (Å²) in [6.45, 7) is 4.47. The van der Waals surface area contributed by atoms with E-state index in [0.29, 0.717) is 6.42 Å². The Labute approximate surface area is 145 Å². The highest BCUT2D eigenvalue weighted by atomic mass is 16.1. The van der Waals surface area contributed by atoms with Crippen molar-refractivity contribution in [1.29, 1.82) is 0 Å². The summed E-state index contributed by atoms with van der Waals surface area (Å²) < 4.78 is 0. The Morgan fingerprint density at radius 2 is 1.54 bits per heavy atom. The quantitative estimate of drug-likeness (QED) is 0.539. The average molecular weight is 318 g/mol. The molecule has 0 aromatic heterocycles. The SMILES string of the molecule is CCCC1=C(CCC)C(CC(=O)c2ccccc2)c2ccccc21. The van der Waals surface area contributed by atoms with Gasteiger partial charge in [-0.2, -0.15) is 0 Å². The molecule has 2 aromatic carbocycles. The van der Waals surface area contributed by atoms with E-state index < -0.39 is 0 Å².